The largest absolute Gasteiger partial charge is 0.394 e. The number of H-pyrrole nitrogens is 1. The highest BCUT2D eigenvalue weighted by Crippen LogP contribution is 2.30. The van der Waals surface area contributed by atoms with Gasteiger partial charge in [0.1, 0.15) is 18.3 Å². The average molecular weight is 283 g/mol. The van der Waals surface area contributed by atoms with Gasteiger partial charge in [0.05, 0.1) is 12.9 Å². The number of aromatic amines is 1. The number of nitrogen functional groups attached to an aromatic ring is 1. The number of hydrogen-bond donors (Lipinski definition) is 5. The van der Waals surface area contributed by atoms with E-state index in [9.17, 15) is 15.0 Å². The van der Waals surface area contributed by atoms with Gasteiger partial charge in [0.2, 0.25) is 5.95 Å². The second-order valence-electron chi connectivity index (χ2n) is 4.50. The van der Waals surface area contributed by atoms with Crippen molar-refractivity contribution in [1.29, 1.82) is 0 Å². The van der Waals surface area contributed by atoms with E-state index in [1.807, 2.05) is 0 Å². The number of hydrogen-bond acceptors (Lipinski definition) is 8. The summed E-state index contributed by atoms with van der Waals surface area (Å²) in [6.45, 7) is -0.447. The second kappa shape index (κ2) is 4.52. The minimum Gasteiger partial charge on any atom is -0.394 e. The third-order valence-electron chi connectivity index (χ3n) is 3.24. The lowest BCUT2D eigenvalue weighted by atomic mass is 10.1. The summed E-state index contributed by atoms with van der Waals surface area (Å²) in [5.41, 5.74) is 5.12. The number of nitrogens with two attached hydrogens (primary N) is 1. The monoisotopic (exact) mass is 283 g/mol. The van der Waals surface area contributed by atoms with Crippen LogP contribution < -0.4 is 11.3 Å². The van der Waals surface area contributed by atoms with Crippen molar-refractivity contribution < 1.29 is 20.1 Å². The fraction of sp³-hybridized carbons (Fsp3) is 0.500. The molecule has 0 aromatic carbocycles. The maximum atomic E-state index is 11.7. The Labute approximate surface area is 111 Å². The lowest BCUT2D eigenvalue weighted by Gasteiger charge is -2.16. The molecule has 1 saturated heterocycles. The van der Waals surface area contributed by atoms with Crippen molar-refractivity contribution in [3.63, 3.8) is 0 Å². The van der Waals surface area contributed by atoms with Crippen molar-refractivity contribution in [2.75, 3.05) is 12.3 Å². The molecule has 6 N–H and O–H groups in total. The van der Waals surface area contributed by atoms with Gasteiger partial charge in [-0.25, -0.2) is 4.98 Å². The van der Waals surface area contributed by atoms with E-state index in [0.717, 1.165) is 0 Å². The lowest BCUT2D eigenvalue weighted by Crippen LogP contribution is -2.33. The Morgan fingerprint density at radius 3 is 2.85 bits per heavy atom. The van der Waals surface area contributed by atoms with Crippen molar-refractivity contribution in [2.24, 2.45) is 0 Å². The normalized spacial score (nSPS) is 30.1. The first-order valence-corrected chi connectivity index (χ1v) is 5.87. The highest BCUT2D eigenvalue weighted by atomic mass is 16.6. The SMILES string of the molecule is Nc1nc2c(ncn2[C@H]2O[C@H](CO)[C@@H](O)[C@@H]2O)c(=O)[nH]1. The number of ether oxygens (including phenoxy) is 1. The minimum absolute atomic E-state index is 0.0388. The van der Waals surface area contributed by atoms with Gasteiger partial charge >= 0.3 is 0 Å². The van der Waals surface area contributed by atoms with Crippen LogP contribution in [0.3, 0.4) is 0 Å². The van der Waals surface area contributed by atoms with Gasteiger partial charge in [-0.15, -0.1) is 0 Å². The molecule has 0 unspecified atom stereocenters. The predicted octanol–water partition coefficient (Wildman–Crippen LogP) is -2.69. The molecule has 1 aliphatic heterocycles. The van der Waals surface area contributed by atoms with E-state index in [4.69, 9.17) is 15.6 Å². The molecule has 0 radical (unpaired) electrons. The van der Waals surface area contributed by atoms with Crippen LogP contribution in [0.2, 0.25) is 0 Å². The summed E-state index contributed by atoms with van der Waals surface area (Å²) < 4.78 is 6.64. The van der Waals surface area contributed by atoms with Gasteiger partial charge < -0.3 is 25.8 Å². The van der Waals surface area contributed by atoms with Crippen molar-refractivity contribution in [3.05, 3.63) is 16.7 Å². The van der Waals surface area contributed by atoms with Crippen LogP contribution in [-0.2, 0) is 4.74 Å². The van der Waals surface area contributed by atoms with Crippen LogP contribution in [0.5, 0.6) is 0 Å². The number of fused-ring (bicyclic) bond motifs is 1. The first-order chi connectivity index (χ1) is 9.52. The fourth-order valence-electron chi connectivity index (χ4n) is 2.24. The molecular weight excluding hydrogens is 270 g/mol. The van der Waals surface area contributed by atoms with Crippen LogP contribution in [0.25, 0.3) is 11.2 Å². The van der Waals surface area contributed by atoms with Gasteiger partial charge in [-0.3, -0.25) is 14.3 Å². The quantitative estimate of drug-likeness (QED) is 0.398. The molecule has 4 atom stereocenters. The zero-order chi connectivity index (χ0) is 14.4. The Hall–Kier alpha value is -2.01. The Morgan fingerprint density at radius 1 is 1.45 bits per heavy atom. The second-order valence-corrected chi connectivity index (χ2v) is 4.50. The van der Waals surface area contributed by atoms with E-state index in [1.165, 1.54) is 10.9 Å². The summed E-state index contributed by atoms with van der Waals surface area (Å²) in [4.78, 5) is 21.8. The van der Waals surface area contributed by atoms with Gasteiger partial charge in [0.15, 0.2) is 17.4 Å². The minimum atomic E-state index is -1.29. The Balaban J connectivity index is 2.09. The fourth-order valence-corrected chi connectivity index (χ4v) is 2.24. The van der Waals surface area contributed by atoms with Crippen molar-refractivity contribution in [1.82, 2.24) is 19.5 Å². The standard InChI is InChI=1S/C10H13N5O5/c11-10-13-7-4(8(19)14-10)12-2-15(7)9-6(18)5(17)3(1-16)20-9/h2-3,5-6,9,16-18H,1H2,(H3,11,13,14,19)/t3-,5-,6+,9+/m1/s1. The first kappa shape index (κ1) is 13.0. The van der Waals surface area contributed by atoms with Gasteiger partial charge in [-0.05, 0) is 0 Å². The van der Waals surface area contributed by atoms with Crippen LogP contribution in [-0.4, -0.2) is 59.8 Å². The number of nitrogens with one attached hydrogen (secondary N) is 1. The molecule has 2 aromatic rings. The molecule has 0 saturated carbocycles. The molecule has 10 nitrogen and oxygen atoms in total. The molecule has 3 rings (SSSR count). The van der Waals surface area contributed by atoms with Crippen molar-refractivity contribution in [2.45, 2.75) is 24.5 Å². The zero-order valence-electron chi connectivity index (χ0n) is 10.2. The van der Waals surface area contributed by atoms with Gasteiger partial charge in [0, 0.05) is 0 Å². The molecule has 1 fully saturated rings. The van der Waals surface area contributed by atoms with Gasteiger partial charge in [0.25, 0.3) is 5.56 Å². The summed E-state index contributed by atoms with van der Waals surface area (Å²) in [6, 6.07) is 0. The third kappa shape index (κ3) is 1.78. The molecule has 1 aliphatic rings. The van der Waals surface area contributed by atoms with Gasteiger partial charge in [-0.2, -0.15) is 4.98 Å². The smallest absolute Gasteiger partial charge is 0.280 e. The molecule has 20 heavy (non-hydrogen) atoms. The number of nitrogens with zero attached hydrogens (tertiary/aromatic N) is 3. The van der Waals surface area contributed by atoms with Crippen LogP contribution in [0, 0.1) is 0 Å². The summed E-state index contributed by atoms with van der Waals surface area (Å²) >= 11 is 0. The molecule has 0 aliphatic carbocycles. The number of imidazole rings is 1. The summed E-state index contributed by atoms with van der Waals surface area (Å²) in [6.07, 6.45) is -3.21. The van der Waals surface area contributed by atoms with Crippen LogP contribution in [0.1, 0.15) is 6.23 Å². The van der Waals surface area contributed by atoms with Crippen LogP contribution in [0.15, 0.2) is 11.1 Å². The van der Waals surface area contributed by atoms with Crippen molar-refractivity contribution >= 4 is 17.1 Å². The lowest BCUT2D eigenvalue weighted by molar-refractivity contribution is -0.0511. The van der Waals surface area contributed by atoms with Crippen LogP contribution >= 0.6 is 0 Å². The molecule has 0 bridgehead atoms. The Bertz CT molecular complexity index is 697. The Kier molecular flexibility index (Phi) is 2.94. The zero-order valence-corrected chi connectivity index (χ0v) is 10.2. The van der Waals surface area contributed by atoms with E-state index in [0.29, 0.717) is 0 Å². The summed E-state index contributed by atoms with van der Waals surface area (Å²) in [7, 11) is 0. The highest BCUT2D eigenvalue weighted by Gasteiger charge is 2.44. The highest BCUT2D eigenvalue weighted by molar-refractivity contribution is 5.70. The van der Waals surface area contributed by atoms with E-state index < -0.39 is 36.7 Å². The van der Waals surface area contributed by atoms with Gasteiger partial charge in [-0.1, -0.05) is 0 Å². The summed E-state index contributed by atoms with van der Waals surface area (Å²) in [5, 5.41) is 28.7. The number of rotatable bonds is 2. The van der Waals surface area contributed by atoms with Crippen molar-refractivity contribution in [3.8, 4) is 0 Å². The Morgan fingerprint density at radius 2 is 2.20 bits per heavy atom. The van der Waals surface area contributed by atoms with E-state index in [-0.39, 0.29) is 17.1 Å². The van der Waals surface area contributed by atoms with Crippen LogP contribution in [0.4, 0.5) is 5.95 Å². The molecule has 2 aromatic heterocycles. The molecule has 0 amide bonds. The average Bonchev–Trinajstić information content (AvgIpc) is 2.93. The topological polar surface area (TPSA) is 160 Å². The predicted molar refractivity (Wildman–Crippen MR) is 65.6 cm³/mol. The molecular formula is C10H13N5O5. The molecule has 10 heteroatoms. The van der Waals surface area contributed by atoms with E-state index in [2.05, 4.69) is 15.0 Å². The number of aliphatic hydroxyl groups excluding tert-OH is 3. The van der Waals surface area contributed by atoms with E-state index in [1.54, 1.807) is 0 Å². The molecule has 0 spiro atoms. The maximum Gasteiger partial charge on any atom is 0.280 e. The van der Waals surface area contributed by atoms with E-state index >= 15 is 0 Å². The first-order valence-electron chi connectivity index (χ1n) is 5.87. The molecule has 3 heterocycles. The number of aromatic nitrogens is 4. The summed E-state index contributed by atoms with van der Waals surface area (Å²) in [5.74, 6) is -0.101. The maximum absolute atomic E-state index is 11.7. The molecule has 108 valence electrons. The number of aliphatic hydroxyl groups is 3. The number of anilines is 1. The third-order valence-corrected chi connectivity index (χ3v) is 3.24.